The number of aromatic amines is 1. The molecule has 0 aliphatic carbocycles. The lowest BCUT2D eigenvalue weighted by Crippen LogP contribution is -2.28. The molecule has 1 aliphatic heterocycles. The Labute approximate surface area is 108 Å². The summed E-state index contributed by atoms with van der Waals surface area (Å²) in [6.07, 6.45) is 4.79. The Morgan fingerprint density at radius 1 is 1.28 bits per heavy atom. The maximum absolute atomic E-state index is 4.55. The van der Waals surface area contributed by atoms with E-state index in [1.54, 1.807) is 0 Å². The van der Waals surface area contributed by atoms with Crippen LogP contribution in [0.1, 0.15) is 31.2 Å². The summed E-state index contributed by atoms with van der Waals surface area (Å²) in [6, 6.07) is 6.68. The van der Waals surface area contributed by atoms with Gasteiger partial charge in [-0.3, -0.25) is 0 Å². The van der Waals surface area contributed by atoms with Crippen LogP contribution in [0.25, 0.3) is 11.0 Å². The fourth-order valence-electron chi connectivity index (χ4n) is 2.82. The predicted octanol–water partition coefficient (Wildman–Crippen LogP) is 2.67. The average molecular weight is 243 g/mol. The zero-order chi connectivity index (χ0) is 12.4. The first-order valence-electron chi connectivity index (χ1n) is 7.03. The van der Waals surface area contributed by atoms with Crippen molar-refractivity contribution in [3.63, 3.8) is 0 Å². The van der Waals surface area contributed by atoms with Gasteiger partial charge in [0.2, 0.25) is 0 Å². The number of fused-ring (bicyclic) bond motifs is 1. The quantitative estimate of drug-likeness (QED) is 0.870. The van der Waals surface area contributed by atoms with E-state index < -0.39 is 0 Å². The number of aryl methyl sites for hydroxylation is 1. The third-order valence-corrected chi connectivity index (χ3v) is 3.91. The Morgan fingerprint density at radius 2 is 2.11 bits per heavy atom. The second-order valence-electron chi connectivity index (χ2n) is 5.29. The topological polar surface area (TPSA) is 40.7 Å². The maximum Gasteiger partial charge on any atom is 0.106 e. The van der Waals surface area contributed by atoms with Gasteiger partial charge in [-0.25, -0.2) is 4.98 Å². The van der Waals surface area contributed by atoms with Crippen LogP contribution in [0, 0.1) is 5.92 Å². The van der Waals surface area contributed by atoms with Crippen LogP contribution in [0.5, 0.6) is 0 Å². The maximum atomic E-state index is 4.55. The van der Waals surface area contributed by atoms with Gasteiger partial charge in [0.1, 0.15) is 5.82 Å². The molecule has 0 saturated carbocycles. The van der Waals surface area contributed by atoms with Gasteiger partial charge in [-0.15, -0.1) is 0 Å². The lowest BCUT2D eigenvalue weighted by atomic mass is 9.91. The number of imidazole rings is 1. The molecule has 3 nitrogen and oxygen atoms in total. The van der Waals surface area contributed by atoms with Crippen molar-refractivity contribution in [3.8, 4) is 0 Å². The lowest BCUT2D eigenvalue weighted by molar-refractivity contribution is 0.373. The number of H-pyrrole nitrogens is 1. The largest absolute Gasteiger partial charge is 0.342 e. The molecule has 0 spiro atoms. The highest BCUT2D eigenvalue weighted by molar-refractivity contribution is 5.75. The summed E-state index contributed by atoms with van der Waals surface area (Å²) < 4.78 is 0. The highest BCUT2D eigenvalue weighted by Gasteiger charge is 2.13. The van der Waals surface area contributed by atoms with Gasteiger partial charge in [0, 0.05) is 6.42 Å². The van der Waals surface area contributed by atoms with E-state index in [-0.39, 0.29) is 0 Å². The zero-order valence-corrected chi connectivity index (χ0v) is 11.0. The summed E-state index contributed by atoms with van der Waals surface area (Å²) in [7, 11) is 0. The average Bonchev–Trinajstić information content (AvgIpc) is 2.82. The Morgan fingerprint density at radius 3 is 2.89 bits per heavy atom. The first kappa shape index (κ1) is 11.7. The number of hydrogen-bond donors (Lipinski definition) is 2. The molecule has 0 unspecified atom stereocenters. The van der Waals surface area contributed by atoms with E-state index in [1.807, 2.05) is 0 Å². The van der Waals surface area contributed by atoms with Crippen molar-refractivity contribution >= 4 is 11.0 Å². The van der Waals surface area contributed by atoms with E-state index >= 15 is 0 Å². The first-order chi connectivity index (χ1) is 8.85. The van der Waals surface area contributed by atoms with Gasteiger partial charge in [-0.2, -0.15) is 0 Å². The van der Waals surface area contributed by atoms with Gasteiger partial charge >= 0.3 is 0 Å². The number of nitrogens with one attached hydrogen (secondary N) is 2. The van der Waals surface area contributed by atoms with Crippen molar-refractivity contribution in [2.75, 3.05) is 13.1 Å². The van der Waals surface area contributed by atoms with E-state index in [9.17, 15) is 0 Å². The van der Waals surface area contributed by atoms with Crippen molar-refractivity contribution in [2.24, 2.45) is 5.92 Å². The molecule has 0 bridgehead atoms. The summed E-state index contributed by atoms with van der Waals surface area (Å²) in [6.45, 7) is 4.49. The minimum Gasteiger partial charge on any atom is -0.342 e. The molecule has 0 amide bonds. The highest BCUT2D eigenvalue weighted by atomic mass is 14.9. The number of rotatable bonds is 3. The molecule has 1 fully saturated rings. The summed E-state index contributed by atoms with van der Waals surface area (Å²) in [5.41, 5.74) is 3.74. The Kier molecular flexibility index (Phi) is 3.33. The summed E-state index contributed by atoms with van der Waals surface area (Å²) >= 11 is 0. The van der Waals surface area contributed by atoms with Crippen molar-refractivity contribution in [1.29, 1.82) is 0 Å². The van der Waals surface area contributed by atoms with E-state index in [1.165, 1.54) is 43.4 Å². The third kappa shape index (κ3) is 2.41. The second kappa shape index (κ2) is 5.11. The number of aromatic nitrogens is 2. The second-order valence-corrected chi connectivity index (χ2v) is 5.29. The molecule has 0 radical (unpaired) electrons. The van der Waals surface area contributed by atoms with Gasteiger partial charge in [0.25, 0.3) is 0 Å². The molecular formula is C15H21N3. The SMILES string of the molecule is CCc1nc2ccc(CC3CCNCC3)cc2[nH]1. The third-order valence-electron chi connectivity index (χ3n) is 3.91. The molecule has 1 aliphatic rings. The zero-order valence-electron chi connectivity index (χ0n) is 11.0. The van der Waals surface area contributed by atoms with Gasteiger partial charge in [0.15, 0.2) is 0 Å². The lowest BCUT2D eigenvalue weighted by Gasteiger charge is -2.22. The van der Waals surface area contributed by atoms with Crippen LogP contribution in [-0.4, -0.2) is 23.1 Å². The molecule has 1 aromatic carbocycles. The Balaban J connectivity index is 1.79. The van der Waals surface area contributed by atoms with Crippen LogP contribution in [0.2, 0.25) is 0 Å². The molecule has 18 heavy (non-hydrogen) atoms. The summed E-state index contributed by atoms with van der Waals surface area (Å²) in [5, 5.41) is 3.42. The molecule has 2 aromatic rings. The highest BCUT2D eigenvalue weighted by Crippen LogP contribution is 2.21. The normalized spacial score (nSPS) is 17.4. The molecule has 2 N–H and O–H groups in total. The number of hydrogen-bond acceptors (Lipinski definition) is 2. The monoisotopic (exact) mass is 243 g/mol. The van der Waals surface area contributed by atoms with E-state index in [0.717, 1.165) is 23.7 Å². The van der Waals surface area contributed by atoms with Crippen LogP contribution in [0.3, 0.4) is 0 Å². The van der Waals surface area contributed by atoms with Crippen molar-refractivity contribution in [3.05, 3.63) is 29.6 Å². The smallest absolute Gasteiger partial charge is 0.106 e. The molecule has 1 aromatic heterocycles. The van der Waals surface area contributed by atoms with E-state index in [4.69, 9.17) is 0 Å². The number of benzene rings is 1. The predicted molar refractivity (Wildman–Crippen MR) is 74.8 cm³/mol. The fourth-order valence-corrected chi connectivity index (χ4v) is 2.82. The molecule has 0 atom stereocenters. The van der Waals surface area contributed by atoms with E-state index in [0.29, 0.717) is 0 Å². The van der Waals surface area contributed by atoms with Gasteiger partial charge in [-0.05, 0) is 56.0 Å². The summed E-state index contributed by atoms with van der Waals surface area (Å²) in [5.74, 6) is 1.93. The van der Waals surface area contributed by atoms with Crippen LogP contribution >= 0.6 is 0 Å². The van der Waals surface area contributed by atoms with Crippen molar-refractivity contribution in [2.45, 2.75) is 32.6 Å². The first-order valence-corrected chi connectivity index (χ1v) is 7.03. The van der Waals surface area contributed by atoms with Gasteiger partial charge in [-0.1, -0.05) is 13.0 Å². The molecule has 1 saturated heterocycles. The number of piperidine rings is 1. The Bertz CT molecular complexity index is 524. The van der Waals surface area contributed by atoms with Crippen LogP contribution < -0.4 is 5.32 Å². The standard InChI is InChI=1S/C15H21N3/c1-2-15-17-13-4-3-12(10-14(13)18-15)9-11-5-7-16-8-6-11/h3-4,10-11,16H,2,5-9H2,1H3,(H,17,18). The molecule has 3 heteroatoms. The van der Waals surface area contributed by atoms with Crippen LogP contribution in [0.4, 0.5) is 0 Å². The van der Waals surface area contributed by atoms with Gasteiger partial charge < -0.3 is 10.3 Å². The van der Waals surface area contributed by atoms with Crippen molar-refractivity contribution < 1.29 is 0 Å². The van der Waals surface area contributed by atoms with Crippen LogP contribution in [0.15, 0.2) is 18.2 Å². The number of nitrogens with zero attached hydrogens (tertiary/aromatic N) is 1. The minimum atomic E-state index is 0.845. The van der Waals surface area contributed by atoms with Crippen LogP contribution in [-0.2, 0) is 12.8 Å². The van der Waals surface area contributed by atoms with E-state index in [2.05, 4.69) is 40.4 Å². The van der Waals surface area contributed by atoms with Crippen molar-refractivity contribution in [1.82, 2.24) is 15.3 Å². The fraction of sp³-hybridized carbons (Fsp3) is 0.533. The minimum absolute atomic E-state index is 0.845. The molecule has 3 rings (SSSR count). The molecular weight excluding hydrogens is 222 g/mol. The summed E-state index contributed by atoms with van der Waals surface area (Å²) in [4.78, 5) is 7.95. The van der Waals surface area contributed by atoms with Gasteiger partial charge in [0.05, 0.1) is 11.0 Å². The molecule has 96 valence electrons. The molecule has 2 heterocycles. The Hall–Kier alpha value is -1.35.